The molecule has 0 radical (unpaired) electrons. The van der Waals surface area contributed by atoms with E-state index in [0.29, 0.717) is 0 Å². The molecule has 2 aromatic rings. The van der Waals surface area contributed by atoms with E-state index in [4.69, 9.17) is 4.74 Å². The predicted molar refractivity (Wildman–Crippen MR) is 85.9 cm³/mol. The zero-order valence-corrected chi connectivity index (χ0v) is 12.9. The van der Waals surface area contributed by atoms with E-state index in [-0.39, 0.29) is 13.0 Å². The molecular weight excluding hydrogens is 294 g/mol. The molecule has 0 saturated heterocycles. The predicted octanol–water partition coefficient (Wildman–Crippen LogP) is 3.00. The van der Waals surface area contributed by atoms with E-state index in [9.17, 15) is 14.7 Å². The highest BCUT2D eigenvalue weighted by Gasteiger charge is 2.35. The summed E-state index contributed by atoms with van der Waals surface area (Å²) in [5, 5.41) is 11.9. The van der Waals surface area contributed by atoms with Gasteiger partial charge < -0.3 is 15.2 Å². The Balaban J connectivity index is 1.98. The Morgan fingerprint density at radius 1 is 1.00 bits per heavy atom. The fourth-order valence-electron chi connectivity index (χ4n) is 2.16. The molecule has 2 rings (SSSR count). The monoisotopic (exact) mass is 313 g/mol. The highest BCUT2D eigenvalue weighted by atomic mass is 16.5. The molecule has 0 spiro atoms. The summed E-state index contributed by atoms with van der Waals surface area (Å²) >= 11 is 0. The lowest BCUT2D eigenvalue weighted by molar-refractivity contribution is -0.143. The van der Waals surface area contributed by atoms with Crippen LogP contribution in [0.4, 0.5) is 4.79 Å². The van der Waals surface area contributed by atoms with Crippen molar-refractivity contribution in [3.63, 3.8) is 0 Å². The van der Waals surface area contributed by atoms with Crippen LogP contribution < -0.4 is 5.32 Å². The van der Waals surface area contributed by atoms with Crippen LogP contribution in [0.1, 0.15) is 18.1 Å². The second-order valence-corrected chi connectivity index (χ2v) is 5.49. The first-order chi connectivity index (χ1) is 11.0. The molecule has 0 saturated carbocycles. The standard InChI is InChI=1S/C18H19NO4/c1-18(16(20)21,12-14-8-4-2-5-9-14)19-17(22)23-13-15-10-6-3-7-11-15/h2-11H,12-13H2,1H3,(H,19,22)(H,20,21)/t18-/m1/s1. The number of carbonyl (C=O) groups excluding carboxylic acids is 1. The van der Waals surface area contributed by atoms with Crippen LogP contribution in [0.5, 0.6) is 0 Å². The van der Waals surface area contributed by atoms with Crippen LogP contribution >= 0.6 is 0 Å². The van der Waals surface area contributed by atoms with Gasteiger partial charge in [0.25, 0.3) is 0 Å². The van der Waals surface area contributed by atoms with Gasteiger partial charge in [-0.1, -0.05) is 60.7 Å². The van der Waals surface area contributed by atoms with Gasteiger partial charge in [-0.15, -0.1) is 0 Å². The fourth-order valence-corrected chi connectivity index (χ4v) is 2.16. The summed E-state index contributed by atoms with van der Waals surface area (Å²) in [6.07, 6.45) is -0.585. The van der Waals surface area contributed by atoms with Gasteiger partial charge in [0.2, 0.25) is 0 Å². The lowest BCUT2D eigenvalue weighted by Crippen LogP contribution is -2.53. The maximum absolute atomic E-state index is 11.9. The number of alkyl carbamates (subject to hydrolysis) is 1. The van der Waals surface area contributed by atoms with E-state index in [1.54, 1.807) is 0 Å². The van der Waals surface area contributed by atoms with Crippen LogP contribution in [0.25, 0.3) is 0 Å². The van der Waals surface area contributed by atoms with Crippen molar-refractivity contribution < 1.29 is 19.4 Å². The molecule has 0 aromatic heterocycles. The Hall–Kier alpha value is -2.82. The molecule has 2 aromatic carbocycles. The molecule has 0 bridgehead atoms. The minimum absolute atomic E-state index is 0.0910. The van der Waals surface area contributed by atoms with Gasteiger partial charge in [-0.05, 0) is 18.1 Å². The molecule has 2 N–H and O–H groups in total. The van der Waals surface area contributed by atoms with E-state index >= 15 is 0 Å². The van der Waals surface area contributed by atoms with Gasteiger partial charge in [0.15, 0.2) is 0 Å². The van der Waals surface area contributed by atoms with Crippen LogP contribution in [0.3, 0.4) is 0 Å². The van der Waals surface area contributed by atoms with Crippen molar-refractivity contribution in [1.82, 2.24) is 5.32 Å². The van der Waals surface area contributed by atoms with Gasteiger partial charge in [-0.3, -0.25) is 0 Å². The number of nitrogens with one attached hydrogen (secondary N) is 1. The first-order valence-corrected chi connectivity index (χ1v) is 7.26. The summed E-state index contributed by atoms with van der Waals surface area (Å²) < 4.78 is 5.10. The second kappa shape index (κ2) is 7.45. The molecule has 0 unspecified atom stereocenters. The zero-order chi connectivity index (χ0) is 16.7. The second-order valence-electron chi connectivity index (χ2n) is 5.49. The summed E-state index contributed by atoms with van der Waals surface area (Å²) in [5.41, 5.74) is 0.221. The zero-order valence-electron chi connectivity index (χ0n) is 12.9. The molecule has 23 heavy (non-hydrogen) atoms. The summed E-state index contributed by atoms with van der Waals surface area (Å²) in [6, 6.07) is 18.3. The topological polar surface area (TPSA) is 75.6 Å². The van der Waals surface area contributed by atoms with Gasteiger partial charge >= 0.3 is 12.1 Å². The van der Waals surface area contributed by atoms with Gasteiger partial charge in [0, 0.05) is 6.42 Å². The van der Waals surface area contributed by atoms with E-state index in [0.717, 1.165) is 11.1 Å². The molecule has 0 aliphatic heterocycles. The van der Waals surface area contributed by atoms with Crippen molar-refractivity contribution in [3.8, 4) is 0 Å². The van der Waals surface area contributed by atoms with Crippen LogP contribution in [-0.2, 0) is 22.6 Å². The molecule has 0 heterocycles. The number of hydrogen-bond acceptors (Lipinski definition) is 3. The average Bonchev–Trinajstić information content (AvgIpc) is 2.54. The van der Waals surface area contributed by atoms with Crippen LogP contribution in [-0.4, -0.2) is 22.7 Å². The maximum atomic E-state index is 11.9. The van der Waals surface area contributed by atoms with Crippen molar-refractivity contribution in [2.45, 2.75) is 25.5 Å². The number of carbonyl (C=O) groups is 2. The molecule has 5 heteroatoms. The molecule has 0 aliphatic rings. The minimum Gasteiger partial charge on any atom is -0.480 e. The number of carboxylic acids is 1. The Labute approximate surface area is 134 Å². The fraction of sp³-hybridized carbons (Fsp3) is 0.222. The van der Waals surface area contributed by atoms with Crippen molar-refractivity contribution in [2.75, 3.05) is 0 Å². The third kappa shape index (κ3) is 4.85. The number of rotatable bonds is 6. The third-order valence-corrected chi connectivity index (χ3v) is 3.46. The molecule has 1 amide bonds. The number of carboxylic acid groups (broad SMARTS) is 1. The normalized spacial score (nSPS) is 12.9. The van der Waals surface area contributed by atoms with Crippen LogP contribution in [0, 0.1) is 0 Å². The minimum atomic E-state index is -1.44. The number of hydrogen-bond donors (Lipinski definition) is 2. The molecule has 5 nitrogen and oxygen atoms in total. The summed E-state index contributed by atoms with van der Waals surface area (Å²) in [4.78, 5) is 23.5. The summed E-state index contributed by atoms with van der Waals surface area (Å²) in [5.74, 6) is -1.11. The Morgan fingerprint density at radius 3 is 2.04 bits per heavy atom. The highest BCUT2D eigenvalue weighted by molar-refractivity contribution is 5.84. The molecule has 120 valence electrons. The van der Waals surface area contributed by atoms with Crippen molar-refractivity contribution >= 4 is 12.1 Å². The Morgan fingerprint density at radius 2 is 1.52 bits per heavy atom. The molecule has 0 aliphatic carbocycles. The summed E-state index contributed by atoms with van der Waals surface area (Å²) in [6.45, 7) is 1.56. The van der Waals surface area contributed by atoms with Crippen molar-refractivity contribution in [1.29, 1.82) is 0 Å². The van der Waals surface area contributed by atoms with Crippen molar-refractivity contribution in [3.05, 3.63) is 71.8 Å². The lowest BCUT2D eigenvalue weighted by atomic mass is 9.93. The van der Waals surface area contributed by atoms with Gasteiger partial charge in [0.05, 0.1) is 0 Å². The molecular formula is C18H19NO4. The Bertz CT molecular complexity index is 657. The lowest BCUT2D eigenvalue weighted by Gasteiger charge is -2.26. The SMILES string of the molecule is C[C@](Cc1ccccc1)(NC(=O)OCc1ccccc1)C(=O)O. The average molecular weight is 313 g/mol. The van der Waals surface area contributed by atoms with E-state index in [1.807, 2.05) is 60.7 Å². The third-order valence-electron chi connectivity index (χ3n) is 3.46. The van der Waals surface area contributed by atoms with Crippen molar-refractivity contribution in [2.24, 2.45) is 0 Å². The van der Waals surface area contributed by atoms with Crippen LogP contribution in [0.15, 0.2) is 60.7 Å². The first-order valence-electron chi connectivity index (χ1n) is 7.26. The number of benzene rings is 2. The smallest absolute Gasteiger partial charge is 0.408 e. The van der Waals surface area contributed by atoms with E-state index in [2.05, 4.69) is 5.32 Å². The van der Waals surface area contributed by atoms with Gasteiger partial charge in [-0.25, -0.2) is 9.59 Å². The number of ether oxygens (including phenoxy) is 1. The maximum Gasteiger partial charge on any atom is 0.408 e. The number of aliphatic carboxylic acids is 1. The van der Waals surface area contributed by atoms with Gasteiger partial charge in [-0.2, -0.15) is 0 Å². The molecule has 1 atom stereocenters. The number of amides is 1. The molecule has 0 fully saturated rings. The van der Waals surface area contributed by atoms with Gasteiger partial charge in [0.1, 0.15) is 12.1 Å². The van der Waals surface area contributed by atoms with E-state index in [1.165, 1.54) is 6.92 Å². The largest absolute Gasteiger partial charge is 0.480 e. The Kier molecular flexibility index (Phi) is 5.36. The van der Waals surface area contributed by atoms with Crippen LogP contribution in [0.2, 0.25) is 0 Å². The quantitative estimate of drug-likeness (QED) is 0.859. The first kappa shape index (κ1) is 16.5. The summed E-state index contributed by atoms with van der Waals surface area (Å²) in [7, 11) is 0. The van der Waals surface area contributed by atoms with E-state index < -0.39 is 17.6 Å². The highest BCUT2D eigenvalue weighted by Crippen LogP contribution is 2.14.